The van der Waals surface area contributed by atoms with Gasteiger partial charge in [-0.2, -0.15) is 18.4 Å². The zero-order chi connectivity index (χ0) is 17.7. The van der Waals surface area contributed by atoms with E-state index in [4.69, 9.17) is 14.7 Å². The van der Waals surface area contributed by atoms with E-state index < -0.39 is 29.3 Å². The van der Waals surface area contributed by atoms with Crippen LogP contribution in [0.1, 0.15) is 30.9 Å². The number of hydrogen-bond acceptors (Lipinski definition) is 4. The molecule has 0 aliphatic carbocycles. The van der Waals surface area contributed by atoms with Gasteiger partial charge in [0.25, 0.3) is 5.91 Å². The van der Waals surface area contributed by atoms with E-state index >= 15 is 0 Å². The number of nitriles is 1. The molecule has 2 rings (SSSR count). The van der Waals surface area contributed by atoms with Crippen LogP contribution >= 0.6 is 0 Å². The van der Waals surface area contributed by atoms with Crippen LogP contribution in [0.3, 0.4) is 0 Å². The van der Waals surface area contributed by atoms with Crippen LogP contribution in [0, 0.1) is 11.3 Å². The first-order valence-corrected chi connectivity index (χ1v) is 7.46. The summed E-state index contributed by atoms with van der Waals surface area (Å²) < 4.78 is 49.5. The maximum Gasteiger partial charge on any atom is 0.417 e. The molecule has 1 aromatic carbocycles. The molecule has 0 aromatic heterocycles. The van der Waals surface area contributed by atoms with E-state index in [-0.39, 0.29) is 18.4 Å². The molecule has 8 heteroatoms. The van der Waals surface area contributed by atoms with Crippen molar-refractivity contribution in [2.45, 2.75) is 38.1 Å². The second kappa shape index (κ2) is 7.64. The summed E-state index contributed by atoms with van der Waals surface area (Å²) >= 11 is 0. The normalized spacial score (nSPS) is 18.9. The molecule has 1 aliphatic rings. The number of benzene rings is 1. The minimum absolute atomic E-state index is 0.0427. The summed E-state index contributed by atoms with van der Waals surface area (Å²) in [4.78, 5) is 12.0. The van der Waals surface area contributed by atoms with E-state index in [1.165, 1.54) is 19.1 Å². The number of hydrogen-bond donors (Lipinski definition) is 1. The van der Waals surface area contributed by atoms with Crippen molar-refractivity contribution in [3.63, 3.8) is 0 Å². The first-order valence-electron chi connectivity index (χ1n) is 7.46. The highest BCUT2D eigenvalue weighted by Gasteiger charge is 2.34. The van der Waals surface area contributed by atoms with Gasteiger partial charge < -0.3 is 14.8 Å². The second-order valence-corrected chi connectivity index (χ2v) is 5.47. The van der Waals surface area contributed by atoms with Gasteiger partial charge in [0.15, 0.2) is 0 Å². The molecule has 1 aliphatic heterocycles. The summed E-state index contributed by atoms with van der Waals surface area (Å²) in [6, 6.07) is 4.50. The van der Waals surface area contributed by atoms with Crippen molar-refractivity contribution in [3.05, 3.63) is 29.3 Å². The molecule has 1 heterocycles. The Balaban J connectivity index is 1.99. The number of halogens is 3. The summed E-state index contributed by atoms with van der Waals surface area (Å²) in [5.41, 5.74) is -1.63. The number of amides is 1. The van der Waals surface area contributed by atoms with Crippen LogP contribution in [-0.4, -0.2) is 31.3 Å². The van der Waals surface area contributed by atoms with Gasteiger partial charge in [-0.15, -0.1) is 0 Å². The molecular weight excluding hydrogens is 325 g/mol. The van der Waals surface area contributed by atoms with Crippen LogP contribution in [-0.2, 0) is 20.4 Å². The summed E-state index contributed by atoms with van der Waals surface area (Å²) in [5, 5.41) is 11.1. The van der Waals surface area contributed by atoms with Crippen LogP contribution < -0.4 is 5.32 Å². The van der Waals surface area contributed by atoms with Gasteiger partial charge in [0, 0.05) is 12.3 Å². The lowest BCUT2D eigenvalue weighted by molar-refractivity contribution is -0.137. The van der Waals surface area contributed by atoms with Gasteiger partial charge in [-0.05, 0) is 38.0 Å². The molecule has 2 unspecified atom stereocenters. The number of carbonyl (C=O) groups excluding carboxylic acids is 1. The Hall–Kier alpha value is -2.11. The number of carbonyl (C=O) groups is 1. The molecule has 0 radical (unpaired) electrons. The van der Waals surface area contributed by atoms with Gasteiger partial charge >= 0.3 is 6.18 Å². The van der Waals surface area contributed by atoms with Crippen molar-refractivity contribution in [3.8, 4) is 6.07 Å². The molecular formula is C16H17F3N2O3. The number of rotatable bonds is 5. The zero-order valence-corrected chi connectivity index (χ0v) is 13.0. The highest BCUT2D eigenvalue weighted by molar-refractivity contribution is 5.94. The molecule has 0 spiro atoms. The van der Waals surface area contributed by atoms with Crippen LogP contribution in [0.5, 0.6) is 0 Å². The van der Waals surface area contributed by atoms with E-state index in [9.17, 15) is 18.0 Å². The van der Waals surface area contributed by atoms with Crippen LogP contribution in [0.15, 0.2) is 18.2 Å². The number of nitrogens with one attached hydrogen (secondary N) is 1. The van der Waals surface area contributed by atoms with Crippen LogP contribution in [0.4, 0.5) is 18.9 Å². The molecule has 24 heavy (non-hydrogen) atoms. The lowest BCUT2D eigenvalue weighted by atomic mass is 10.1. The predicted octanol–water partition coefficient (Wildman–Crippen LogP) is 3.10. The summed E-state index contributed by atoms with van der Waals surface area (Å²) in [5.74, 6) is -0.564. The topological polar surface area (TPSA) is 71.3 Å². The highest BCUT2D eigenvalue weighted by Crippen LogP contribution is 2.33. The van der Waals surface area contributed by atoms with Gasteiger partial charge in [0.05, 0.1) is 29.9 Å². The molecule has 1 N–H and O–H groups in total. The fourth-order valence-corrected chi connectivity index (χ4v) is 2.30. The van der Waals surface area contributed by atoms with E-state index in [1.54, 1.807) is 0 Å². The monoisotopic (exact) mass is 342 g/mol. The average molecular weight is 342 g/mol. The van der Waals surface area contributed by atoms with Crippen molar-refractivity contribution in [1.82, 2.24) is 0 Å². The van der Waals surface area contributed by atoms with E-state index in [1.807, 2.05) is 0 Å². The van der Waals surface area contributed by atoms with Crippen molar-refractivity contribution in [2.75, 3.05) is 18.5 Å². The van der Waals surface area contributed by atoms with Gasteiger partial charge in [-0.25, -0.2) is 0 Å². The minimum Gasteiger partial charge on any atom is -0.376 e. The Morgan fingerprint density at radius 3 is 2.88 bits per heavy atom. The Kier molecular flexibility index (Phi) is 5.80. The van der Waals surface area contributed by atoms with Gasteiger partial charge in [-0.3, -0.25) is 4.79 Å². The molecule has 1 saturated heterocycles. The molecule has 130 valence electrons. The van der Waals surface area contributed by atoms with Crippen molar-refractivity contribution in [2.24, 2.45) is 0 Å². The van der Waals surface area contributed by atoms with Crippen LogP contribution in [0.2, 0.25) is 0 Å². The predicted molar refractivity (Wildman–Crippen MR) is 79.2 cm³/mol. The Labute approximate surface area is 137 Å². The third-order valence-corrected chi connectivity index (χ3v) is 3.64. The fraction of sp³-hybridized carbons (Fsp3) is 0.500. The maximum atomic E-state index is 12.9. The summed E-state index contributed by atoms with van der Waals surface area (Å²) in [6.07, 6.45) is -3.75. The molecule has 0 bridgehead atoms. The van der Waals surface area contributed by atoms with Crippen LogP contribution in [0.25, 0.3) is 0 Å². The fourth-order valence-electron chi connectivity index (χ4n) is 2.30. The largest absolute Gasteiger partial charge is 0.417 e. The first-order chi connectivity index (χ1) is 11.3. The Morgan fingerprint density at radius 1 is 1.54 bits per heavy atom. The molecule has 1 amide bonds. The quantitative estimate of drug-likeness (QED) is 0.892. The number of alkyl halides is 3. The minimum atomic E-state index is -4.67. The zero-order valence-electron chi connectivity index (χ0n) is 13.0. The van der Waals surface area contributed by atoms with Crippen molar-refractivity contribution >= 4 is 11.6 Å². The SMILES string of the molecule is CC(OCC1CCCO1)C(=O)Nc1ccc(C#N)c(C(F)(F)F)c1. The van der Waals surface area contributed by atoms with Crippen molar-refractivity contribution < 1.29 is 27.4 Å². The standard InChI is InChI=1S/C16H17F3N2O3/c1-10(24-9-13-3-2-6-23-13)15(22)21-12-5-4-11(8-20)14(7-12)16(17,18)19/h4-5,7,10,13H,2-3,6,9H2,1H3,(H,21,22). The maximum absolute atomic E-state index is 12.9. The molecule has 5 nitrogen and oxygen atoms in total. The summed E-state index contributed by atoms with van der Waals surface area (Å²) in [6.45, 7) is 2.44. The highest BCUT2D eigenvalue weighted by atomic mass is 19.4. The Bertz CT molecular complexity index is 634. The lowest BCUT2D eigenvalue weighted by Crippen LogP contribution is -2.30. The van der Waals surface area contributed by atoms with Gasteiger partial charge in [-0.1, -0.05) is 0 Å². The van der Waals surface area contributed by atoms with E-state index in [0.29, 0.717) is 6.61 Å². The molecule has 1 aromatic rings. The molecule has 1 fully saturated rings. The van der Waals surface area contributed by atoms with Crippen molar-refractivity contribution in [1.29, 1.82) is 5.26 Å². The lowest BCUT2D eigenvalue weighted by Gasteiger charge is -2.17. The number of ether oxygens (including phenoxy) is 2. The molecule has 2 atom stereocenters. The second-order valence-electron chi connectivity index (χ2n) is 5.47. The third kappa shape index (κ3) is 4.69. The average Bonchev–Trinajstić information content (AvgIpc) is 3.05. The van der Waals surface area contributed by atoms with Gasteiger partial charge in [0.2, 0.25) is 0 Å². The third-order valence-electron chi connectivity index (χ3n) is 3.64. The summed E-state index contributed by atoms with van der Waals surface area (Å²) in [7, 11) is 0. The van der Waals surface area contributed by atoms with E-state index in [2.05, 4.69) is 5.32 Å². The number of nitrogens with zero attached hydrogens (tertiary/aromatic N) is 1. The smallest absolute Gasteiger partial charge is 0.376 e. The van der Waals surface area contributed by atoms with E-state index in [0.717, 1.165) is 25.0 Å². The Morgan fingerprint density at radius 2 is 2.29 bits per heavy atom. The van der Waals surface area contributed by atoms with Gasteiger partial charge in [0.1, 0.15) is 6.10 Å². The molecule has 0 saturated carbocycles. The first kappa shape index (κ1) is 18.2. The number of anilines is 1.